The van der Waals surface area contributed by atoms with Crippen molar-refractivity contribution >= 4 is 29.1 Å². The van der Waals surface area contributed by atoms with Gasteiger partial charge in [-0.15, -0.1) is 0 Å². The van der Waals surface area contributed by atoms with Crippen molar-refractivity contribution in [2.75, 3.05) is 23.3 Å². The largest absolute Gasteiger partial charge is 0.352 e. The lowest BCUT2D eigenvalue weighted by molar-refractivity contribution is -0.122. The number of nitrogens with zero attached hydrogens (tertiary/aromatic N) is 1. The van der Waals surface area contributed by atoms with Gasteiger partial charge in [-0.25, -0.2) is 0 Å². The van der Waals surface area contributed by atoms with Gasteiger partial charge in [0.1, 0.15) is 0 Å². The van der Waals surface area contributed by atoms with Crippen LogP contribution in [0.4, 0.5) is 11.4 Å². The molecule has 1 unspecified atom stereocenters. The lowest BCUT2D eigenvalue weighted by Gasteiger charge is -2.20. The van der Waals surface area contributed by atoms with Crippen molar-refractivity contribution in [3.8, 4) is 0 Å². The fraction of sp³-hybridized carbons (Fsp3) is 0.348. The SMILES string of the molecule is CCCNC(=O)c1ccccc1NC(=O)C1CC(=O)N(c2cc(C)ccc2C)C1. The molecule has 3 rings (SSSR count). The quantitative estimate of drug-likeness (QED) is 0.789. The summed E-state index contributed by atoms with van der Waals surface area (Å²) < 4.78 is 0. The Morgan fingerprint density at radius 3 is 2.66 bits per heavy atom. The number of nitrogens with one attached hydrogen (secondary N) is 2. The van der Waals surface area contributed by atoms with E-state index in [0.29, 0.717) is 24.3 Å². The summed E-state index contributed by atoms with van der Waals surface area (Å²) in [6, 6.07) is 12.9. The highest BCUT2D eigenvalue weighted by Gasteiger charge is 2.36. The Hall–Kier alpha value is -3.15. The van der Waals surface area contributed by atoms with E-state index in [-0.39, 0.29) is 24.1 Å². The molecular formula is C23H27N3O3. The van der Waals surface area contributed by atoms with Gasteiger partial charge in [-0.05, 0) is 49.6 Å². The molecule has 152 valence electrons. The summed E-state index contributed by atoms with van der Waals surface area (Å²) in [7, 11) is 0. The summed E-state index contributed by atoms with van der Waals surface area (Å²) in [4.78, 5) is 39.5. The van der Waals surface area contributed by atoms with Crippen LogP contribution in [0.25, 0.3) is 0 Å². The molecule has 1 aliphatic rings. The molecule has 3 amide bonds. The zero-order valence-electron chi connectivity index (χ0n) is 17.1. The lowest BCUT2D eigenvalue weighted by atomic mass is 10.1. The minimum Gasteiger partial charge on any atom is -0.352 e. The number of hydrogen-bond acceptors (Lipinski definition) is 3. The van der Waals surface area contributed by atoms with Crippen LogP contribution >= 0.6 is 0 Å². The number of hydrogen-bond donors (Lipinski definition) is 2. The second-order valence-electron chi connectivity index (χ2n) is 7.49. The fourth-order valence-electron chi connectivity index (χ4n) is 3.48. The van der Waals surface area contributed by atoms with E-state index < -0.39 is 5.92 Å². The van der Waals surface area contributed by atoms with Gasteiger partial charge in [0.2, 0.25) is 11.8 Å². The van der Waals surface area contributed by atoms with Crippen LogP contribution in [0.1, 0.15) is 41.3 Å². The molecule has 0 aliphatic carbocycles. The van der Waals surface area contributed by atoms with Gasteiger partial charge in [-0.1, -0.05) is 31.2 Å². The van der Waals surface area contributed by atoms with Crippen LogP contribution in [-0.2, 0) is 9.59 Å². The van der Waals surface area contributed by atoms with Crippen molar-refractivity contribution in [2.45, 2.75) is 33.6 Å². The molecule has 0 radical (unpaired) electrons. The number of carbonyl (C=O) groups is 3. The highest BCUT2D eigenvalue weighted by atomic mass is 16.2. The Bertz CT molecular complexity index is 939. The molecule has 1 heterocycles. The van der Waals surface area contributed by atoms with Crippen molar-refractivity contribution in [3.05, 3.63) is 59.2 Å². The van der Waals surface area contributed by atoms with E-state index in [4.69, 9.17) is 0 Å². The smallest absolute Gasteiger partial charge is 0.253 e. The van der Waals surface area contributed by atoms with Crippen LogP contribution in [0.3, 0.4) is 0 Å². The number of benzene rings is 2. The summed E-state index contributed by atoms with van der Waals surface area (Å²) in [6.45, 7) is 6.82. The van der Waals surface area contributed by atoms with Crippen molar-refractivity contribution in [1.29, 1.82) is 0 Å². The number of rotatable bonds is 6. The van der Waals surface area contributed by atoms with Crippen LogP contribution in [-0.4, -0.2) is 30.8 Å². The van der Waals surface area contributed by atoms with Crippen LogP contribution < -0.4 is 15.5 Å². The summed E-state index contributed by atoms with van der Waals surface area (Å²) in [5.74, 6) is -0.994. The Morgan fingerprint density at radius 2 is 1.90 bits per heavy atom. The Kier molecular flexibility index (Phi) is 6.32. The molecular weight excluding hydrogens is 366 g/mol. The van der Waals surface area contributed by atoms with E-state index in [1.165, 1.54) is 0 Å². The van der Waals surface area contributed by atoms with Gasteiger partial charge in [-0.3, -0.25) is 14.4 Å². The maximum Gasteiger partial charge on any atom is 0.253 e. The van der Waals surface area contributed by atoms with Gasteiger partial charge >= 0.3 is 0 Å². The van der Waals surface area contributed by atoms with Gasteiger partial charge in [0.25, 0.3) is 5.91 Å². The molecule has 1 atom stereocenters. The third-order valence-corrected chi connectivity index (χ3v) is 5.12. The predicted molar refractivity (Wildman–Crippen MR) is 114 cm³/mol. The average Bonchev–Trinajstić information content (AvgIpc) is 3.10. The van der Waals surface area contributed by atoms with E-state index in [1.54, 1.807) is 29.2 Å². The first-order valence-electron chi connectivity index (χ1n) is 9.96. The topological polar surface area (TPSA) is 78.5 Å². The van der Waals surface area contributed by atoms with E-state index in [9.17, 15) is 14.4 Å². The van der Waals surface area contributed by atoms with Gasteiger partial charge in [0.05, 0.1) is 17.2 Å². The third kappa shape index (κ3) is 4.65. The number of aryl methyl sites for hydroxylation is 2. The molecule has 2 N–H and O–H groups in total. The van der Waals surface area contributed by atoms with Crippen LogP contribution in [0.15, 0.2) is 42.5 Å². The number of amides is 3. The van der Waals surface area contributed by atoms with Crippen molar-refractivity contribution in [1.82, 2.24) is 5.32 Å². The van der Waals surface area contributed by atoms with Crippen molar-refractivity contribution in [2.24, 2.45) is 5.92 Å². The Balaban J connectivity index is 1.74. The first-order valence-corrected chi connectivity index (χ1v) is 9.96. The van der Waals surface area contributed by atoms with E-state index >= 15 is 0 Å². The van der Waals surface area contributed by atoms with Crippen molar-refractivity contribution < 1.29 is 14.4 Å². The number of para-hydroxylation sites is 1. The minimum atomic E-state index is -0.464. The van der Waals surface area contributed by atoms with E-state index in [2.05, 4.69) is 10.6 Å². The molecule has 6 nitrogen and oxygen atoms in total. The highest BCUT2D eigenvalue weighted by molar-refractivity contribution is 6.07. The third-order valence-electron chi connectivity index (χ3n) is 5.12. The van der Waals surface area contributed by atoms with Crippen LogP contribution in [0, 0.1) is 19.8 Å². The monoisotopic (exact) mass is 393 g/mol. The first-order chi connectivity index (χ1) is 13.9. The first kappa shape index (κ1) is 20.6. The van der Waals surface area contributed by atoms with Gasteiger partial charge < -0.3 is 15.5 Å². The fourth-order valence-corrected chi connectivity index (χ4v) is 3.48. The predicted octanol–water partition coefficient (Wildman–Crippen LogP) is 3.43. The number of carbonyl (C=O) groups excluding carboxylic acids is 3. The minimum absolute atomic E-state index is 0.0622. The molecule has 0 spiro atoms. The molecule has 1 aliphatic heterocycles. The van der Waals surface area contributed by atoms with E-state index in [1.807, 2.05) is 39.0 Å². The lowest BCUT2D eigenvalue weighted by Crippen LogP contribution is -2.30. The zero-order valence-corrected chi connectivity index (χ0v) is 17.1. The molecule has 2 aromatic carbocycles. The van der Waals surface area contributed by atoms with Crippen LogP contribution in [0.5, 0.6) is 0 Å². The maximum atomic E-state index is 12.9. The summed E-state index contributed by atoms with van der Waals surface area (Å²) in [5, 5.41) is 5.68. The average molecular weight is 393 g/mol. The van der Waals surface area contributed by atoms with Gasteiger partial charge in [-0.2, -0.15) is 0 Å². The summed E-state index contributed by atoms with van der Waals surface area (Å²) >= 11 is 0. The standard InChI is InChI=1S/C23H27N3O3/c1-4-11-24-23(29)18-7-5-6-8-19(18)25-22(28)17-13-21(27)26(14-17)20-12-15(2)9-10-16(20)3/h5-10,12,17H,4,11,13-14H2,1-3H3,(H,24,29)(H,25,28). The molecule has 1 fully saturated rings. The highest BCUT2D eigenvalue weighted by Crippen LogP contribution is 2.29. The second-order valence-corrected chi connectivity index (χ2v) is 7.49. The number of anilines is 2. The molecule has 0 bridgehead atoms. The molecule has 0 saturated carbocycles. The van der Waals surface area contributed by atoms with Crippen LogP contribution in [0.2, 0.25) is 0 Å². The summed E-state index contributed by atoms with van der Waals surface area (Å²) in [6.07, 6.45) is 0.988. The maximum absolute atomic E-state index is 12.9. The second kappa shape index (κ2) is 8.90. The van der Waals surface area contributed by atoms with Gasteiger partial charge in [0.15, 0.2) is 0 Å². The van der Waals surface area contributed by atoms with E-state index in [0.717, 1.165) is 23.2 Å². The normalized spacial score (nSPS) is 16.0. The molecule has 2 aromatic rings. The molecule has 29 heavy (non-hydrogen) atoms. The summed E-state index contributed by atoms with van der Waals surface area (Å²) in [5.41, 5.74) is 3.81. The van der Waals surface area contributed by atoms with Gasteiger partial charge in [0, 0.05) is 25.2 Å². The Labute approximate surface area is 171 Å². The molecule has 0 aromatic heterocycles. The molecule has 1 saturated heterocycles. The molecule has 6 heteroatoms. The van der Waals surface area contributed by atoms with Crippen molar-refractivity contribution in [3.63, 3.8) is 0 Å². The Morgan fingerprint density at radius 1 is 1.14 bits per heavy atom. The zero-order chi connectivity index (χ0) is 21.0.